The number of rotatable bonds is 3. The number of fused-ring (bicyclic) bond motifs is 1. The van der Waals surface area contributed by atoms with Crippen LogP contribution >= 0.6 is 0 Å². The number of likely N-dealkylation sites (tertiary alicyclic amines) is 1. The number of hydrogen-bond donors (Lipinski definition) is 1. The lowest BCUT2D eigenvalue weighted by Crippen LogP contribution is -2.47. The second kappa shape index (κ2) is 4.36. The van der Waals surface area contributed by atoms with Crippen LogP contribution in [0.4, 0.5) is 0 Å². The molecule has 0 spiro atoms. The number of piperidine rings is 1. The van der Waals surface area contributed by atoms with Crippen molar-refractivity contribution in [3.05, 3.63) is 24.2 Å². The SMILES string of the molecule is CC(NC(=O)c1ccoc1)C(=O)N1CC2C(C1)C2(C)C. The van der Waals surface area contributed by atoms with Crippen LogP contribution in [0.1, 0.15) is 31.1 Å². The van der Waals surface area contributed by atoms with Crippen molar-refractivity contribution in [1.82, 2.24) is 10.2 Å². The Morgan fingerprint density at radius 2 is 2.05 bits per heavy atom. The fourth-order valence-electron chi connectivity index (χ4n) is 3.32. The standard InChI is InChI=1S/C15H20N2O3/c1-9(16-13(18)10-4-5-20-8-10)14(19)17-6-11-12(7-17)15(11,2)3/h4-5,8-9,11-12H,6-7H2,1-3H3,(H,16,18). The van der Waals surface area contributed by atoms with E-state index in [1.54, 1.807) is 13.0 Å². The van der Waals surface area contributed by atoms with Gasteiger partial charge in [0.05, 0.1) is 11.8 Å². The smallest absolute Gasteiger partial charge is 0.255 e. The Bertz CT molecular complexity index is 521. The summed E-state index contributed by atoms with van der Waals surface area (Å²) in [6, 6.07) is 1.08. The molecule has 0 bridgehead atoms. The first-order valence-electron chi connectivity index (χ1n) is 7.03. The molecule has 108 valence electrons. The summed E-state index contributed by atoms with van der Waals surface area (Å²) in [6.45, 7) is 7.89. The number of amides is 2. The molecule has 1 saturated carbocycles. The summed E-state index contributed by atoms with van der Waals surface area (Å²) in [7, 11) is 0. The molecule has 20 heavy (non-hydrogen) atoms. The van der Waals surface area contributed by atoms with Crippen molar-refractivity contribution in [3.8, 4) is 0 Å². The molecule has 1 N–H and O–H groups in total. The molecule has 1 aromatic rings. The predicted molar refractivity (Wildman–Crippen MR) is 73.0 cm³/mol. The van der Waals surface area contributed by atoms with Gasteiger partial charge in [0.2, 0.25) is 5.91 Å². The molecule has 3 atom stereocenters. The van der Waals surface area contributed by atoms with E-state index in [1.807, 2.05) is 4.90 Å². The first-order chi connectivity index (χ1) is 9.41. The van der Waals surface area contributed by atoms with Gasteiger partial charge in [-0.3, -0.25) is 9.59 Å². The average molecular weight is 276 g/mol. The van der Waals surface area contributed by atoms with Crippen molar-refractivity contribution in [2.75, 3.05) is 13.1 Å². The molecule has 2 aliphatic rings. The molecule has 2 amide bonds. The lowest BCUT2D eigenvalue weighted by Gasteiger charge is -2.25. The highest BCUT2D eigenvalue weighted by Crippen LogP contribution is 2.61. The van der Waals surface area contributed by atoms with Crippen molar-refractivity contribution >= 4 is 11.8 Å². The normalized spacial score (nSPS) is 27.9. The molecule has 5 heteroatoms. The van der Waals surface area contributed by atoms with Gasteiger partial charge in [0, 0.05) is 13.1 Å². The molecule has 1 aliphatic carbocycles. The molecule has 2 fully saturated rings. The maximum Gasteiger partial charge on any atom is 0.255 e. The summed E-state index contributed by atoms with van der Waals surface area (Å²) in [5, 5.41) is 2.72. The summed E-state index contributed by atoms with van der Waals surface area (Å²) < 4.78 is 4.86. The first kappa shape index (κ1) is 13.2. The van der Waals surface area contributed by atoms with Gasteiger partial charge in [-0.05, 0) is 30.2 Å². The predicted octanol–water partition coefficient (Wildman–Crippen LogP) is 1.51. The van der Waals surface area contributed by atoms with Gasteiger partial charge in [0.25, 0.3) is 5.91 Å². The van der Waals surface area contributed by atoms with Crippen LogP contribution in [0.15, 0.2) is 23.0 Å². The van der Waals surface area contributed by atoms with Crippen LogP contribution in [0, 0.1) is 17.3 Å². The Morgan fingerprint density at radius 1 is 1.40 bits per heavy atom. The molecular weight excluding hydrogens is 256 g/mol. The van der Waals surface area contributed by atoms with Crippen molar-refractivity contribution in [2.45, 2.75) is 26.8 Å². The third kappa shape index (κ3) is 2.01. The minimum atomic E-state index is -0.502. The van der Waals surface area contributed by atoms with E-state index in [0.29, 0.717) is 22.8 Å². The maximum atomic E-state index is 12.3. The molecule has 1 saturated heterocycles. The molecular formula is C15H20N2O3. The highest BCUT2D eigenvalue weighted by Gasteiger charge is 2.62. The van der Waals surface area contributed by atoms with Crippen LogP contribution in [0.2, 0.25) is 0 Å². The van der Waals surface area contributed by atoms with E-state index in [2.05, 4.69) is 19.2 Å². The van der Waals surface area contributed by atoms with E-state index in [4.69, 9.17) is 4.42 Å². The van der Waals surface area contributed by atoms with Gasteiger partial charge in [-0.25, -0.2) is 0 Å². The zero-order valence-corrected chi connectivity index (χ0v) is 12.1. The Morgan fingerprint density at radius 3 is 2.60 bits per heavy atom. The summed E-state index contributed by atoms with van der Waals surface area (Å²) in [6.07, 6.45) is 2.82. The fraction of sp³-hybridized carbons (Fsp3) is 0.600. The zero-order valence-electron chi connectivity index (χ0n) is 12.1. The number of carbonyl (C=O) groups excluding carboxylic acids is 2. The van der Waals surface area contributed by atoms with Crippen molar-refractivity contribution < 1.29 is 14.0 Å². The molecule has 2 heterocycles. The van der Waals surface area contributed by atoms with E-state index >= 15 is 0 Å². The summed E-state index contributed by atoms with van der Waals surface area (Å²) in [5.74, 6) is 0.987. The van der Waals surface area contributed by atoms with Gasteiger partial charge < -0.3 is 14.6 Å². The van der Waals surface area contributed by atoms with Gasteiger partial charge in [-0.1, -0.05) is 13.8 Å². The van der Waals surface area contributed by atoms with Crippen molar-refractivity contribution in [1.29, 1.82) is 0 Å². The van der Waals surface area contributed by atoms with Gasteiger partial charge in [-0.2, -0.15) is 0 Å². The highest BCUT2D eigenvalue weighted by molar-refractivity contribution is 5.97. The Hall–Kier alpha value is -1.78. The van der Waals surface area contributed by atoms with Crippen LogP contribution in [0.5, 0.6) is 0 Å². The lowest BCUT2D eigenvalue weighted by molar-refractivity contribution is -0.132. The molecule has 1 aromatic heterocycles. The van der Waals surface area contributed by atoms with E-state index in [0.717, 1.165) is 13.1 Å². The number of carbonyl (C=O) groups is 2. The molecule has 0 aromatic carbocycles. The van der Waals surface area contributed by atoms with Gasteiger partial charge in [0.1, 0.15) is 12.3 Å². The second-order valence-corrected chi connectivity index (χ2v) is 6.48. The van der Waals surface area contributed by atoms with E-state index in [-0.39, 0.29) is 11.8 Å². The monoisotopic (exact) mass is 276 g/mol. The van der Waals surface area contributed by atoms with Crippen LogP contribution in [-0.2, 0) is 4.79 Å². The van der Waals surface area contributed by atoms with Gasteiger partial charge in [-0.15, -0.1) is 0 Å². The van der Waals surface area contributed by atoms with Gasteiger partial charge in [0.15, 0.2) is 0 Å². The van der Waals surface area contributed by atoms with Crippen LogP contribution in [0.3, 0.4) is 0 Å². The fourth-order valence-corrected chi connectivity index (χ4v) is 3.32. The van der Waals surface area contributed by atoms with E-state index < -0.39 is 6.04 Å². The number of nitrogens with one attached hydrogen (secondary N) is 1. The summed E-state index contributed by atoms with van der Waals surface area (Å²) in [5.41, 5.74) is 0.829. The molecule has 3 rings (SSSR count). The molecule has 0 radical (unpaired) electrons. The Labute approximate surface area is 118 Å². The number of nitrogens with zero attached hydrogens (tertiary/aromatic N) is 1. The van der Waals surface area contributed by atoms with Crippen LogP contribution in [-0.4, -0.2) is 35.8 Å². The quantitative estimate of drug-likeness (QED) is 0.910. The van der Waals surface area contributed by atoms with Crippen LogP contribution in [0.25, 0.3) is 0 Å². The molecule has 1 aliphatic heterocycles. The first-order valence-corrected chi connectivity index (χ1v) is 7.03. The van der Waals surface area contributed by atoms with Crippen molar-refractivity contribution in [3.63, 3.8) is 0 Å². The van der Waals surface area contributed by atoms with Gasteiger partial charge >= 0.3 is 0 Å². The summed E-state index contributed by atoms with van der Waals surface area (Å²) >= 11 is 0. The Kier molecular flexibility index (Phi) is 2.88. The average Bonchev–Trinajstić information content (AvgIpc) is 2.95. The lowest BCUT2D eigenvalue weighted by atomic mass is 10.1. The topological polar surface area (TPSA) is 62.6 Å². The number of furan rings is 1. The zero-order chi connectivity index (χ0) is 14.5. The third-order valence-electron chi connectivity index (χ3n) is 4.94. The van der Waals surface area contributed by atoms with E-state index in [9.17, 15) is 9.59 Å². The van der Waals surface area contributed by atoms with Crippen molar-refractivity contribution in [2.24, 2.45) is 17.3 Å². The maximum absolute atomic E-state index is 12.3. The minimum absolute atomic E-state index is 0.00449. The summed E-state index contributed by atoms with van der Waals surface area (Å²) in [4.78, 5) is 26.1. The molecule has 3 unspecified atom stereocenters. The molecule has 5 nitrogen and oxygen atoms in total. The second-order valence-electron chi connectivity index (χ2n) is 6.48. The number of hydrogen-bond acceptors (Lipinski definition) is 3. The van der Waals surface area contributed by atoms with Crippen LogP contribution < -0.4 is 5.32 Å². The minimum Gasteiger partial charge on any atom is -0.472 e. The highest BCUT2D eigenvalue weighted by atomic mass is 16.3. The third-order valence-corrected chi connectivity index (χ3v) is 4.94. The largest absolute Gasteiger partial charge is 0.472 e. The van der Waals surface area contributed by atoms with E-state index in [1.165, 1.54) is 12.5 Å². The Balaban J connectivity index is 1.55.